The van der Waals surface area contributed by atoms with Gasteiger partial charge in [-0.1, -0.05) is 24.3 Å². The number of amides is 2. The molecule has 0 radical (unpaired) electrons. The molecule has 1 aromatic heterocycles. The van der Waals surface area contributed by atoms with E-state index in [-0.39, 0.29) is 11.8 Å². The summed E-state index contributed by atoms with van der Waals surface area (Å²) in [6.07, 6.45) is 6.32. The number of benzene rings is 1. The summed E-state index contributed by atoms with van der Waals surface area (Å²) in [6.45, 7) is 5.42. The minimum atomic E-state index is -0.237. The largest absolute Gasteiger partial charge is 0.347 e. The van der Waals surface area contributed by atoms with Crippen molar-refractivity contribution >= 4 is 17.5 Å². The van der Waals surface area contributed by atoms with Crippen LogP contribution in [0, 0.1) is 0 Å². The van der Waals surface area contributed by atoms with E-state index in [4.69, 9.17) is 0 Å². The van der Waals surface area contributed by atoms with E-state index in [1.807, 2.05) is 27.7 Å². The molecule has 1 aromatic carbocycles. The second-order valence-electron chi connectivity index (χ2n) is 7.03. The summed E-state index contributed by atoms with van der Waals surface area (Å²) in [7, 11) is 0. The van der Waals surface area contributed by atoms with Crippen LogP contribution in [-0.2, 0) is 19.4 Å². The summed E-state index contributed by atoms with van der Waals surface area (Å²) < 4.78 is 1.95. The average Bonchev–Trinajstić information content (AvgIpc) is 3.11. The molecule has 0 aliphatic carbocycles. The predicted octanol–water partition coefficient (Wildman–Crippen LogP) is 2.73. The maximum absolute atomic E-state index is 13.4. The Bertz CT molecular complexity index is 900. The first-order chi connectivity index (χ1) is 13.2. The number of nitrogens with zero attached hydrogens (tertiary/aromatic N) is 3. The van der Waals surface area contributed by atoms with Gasteiger partial charge in [-0.25, -0.2) is 4.98 Å². The van der Waals surface area contributed by atoms with Crippen molar-refractivity contribution in [3.05, 3.63) is 59.7 Å². The Morgan fingerprint density at radius 1 is 1.15 bits per heavy atom. The van der Waals surface area contributed by atoms with Gasteiger partial charge in [-0.3, -0.25) is 9.59 Å². The van der Waals surface area contributed by atoms with Crippen LogP contribution in [0.5, 0.6) is 0 Å². The number of imidazole rings is 1. The third-order valence-corrected chi connectivity index (χ3v) is 5.29. The molecule has 0 saturated carbocycles. The zero-order valence-corrected chi connectivity index (χ0v) is 15.4. The smallest absolute Gasteiger partial charge is 0.294 e. The van der Waals surface area contributed by atoms with Gasteiger partial charge in [0.25, 0.3) is 11.8 Å². The number of rotatable bonds is 4. The van der Waals surface area contributed by atoms with E-state index in [1.54, 1.807) is 6.08 Å². The number of para-hydroxylation sites is 1. The number of aromatic nitrogens is 2. The molecular formula is C21H24N4O2. The lowest BCUT2D eigenvalue weighted by atomic mass is 10.0. The summed E-state index contributed by atoms with van der Waals surface area (Å²) in [5.41, 5.74) is 3.40. The van der Waals surface area contributed by atoms with Crippen molar-refractivity contribution in [2.45, 2.75) is 38.6 Å². The van der Waals surface area contributed by atoms with Crippen molar-refractivity contribution < 1.29 is 9.59 Å². The Kier molecular flexibility index (Phi) is 4.79. The Hall–Kier alpha value is -2.89. The summed E-state index contributed by atoms with van der Waals surface area (Å²) in [4.78, 5) is 32.2. The molecule has 140 valence electrons. The van der Waals surface area contributed by atoms with Gasteiger partial charge in [0, 0.05) is 25.3 Å². The molecular weight excluding hydrogens is 340 g/mol. The molecule has 3 heterocycles. The fraction of sp³-hybridized carbons (Fsp3) is 0.381. The first-order valence-electron chi connectivity index (χ1n) is 9.59. The van der Waals surface area contributed by atoms with Gasteiger partial charge in [0.2, 0.25) is 5.82 Å². The molecule has 2 aromatic rings. The lowest BCUT2D eigenvalue weighted by Gasteiger charge is -2.29. The van der Waals surface area contributed by atoms with Gasteiger partial charge in [-0.2, -0.15) is 0 Å². The first-order valence-corrected chi connectivity index (χ1v) is 9.59. The Balaban J connectivity index is 1.72. The first kappa shape index (κ1) is 17.5. The highest BCUT2D eigenvalue weighted by Gasteiger charge is 2.31. The van der Waals surface area contributed by atoms with Crippen LogP contribution >= 0.6 is 0 Å². The molecule has 0 unspecified atom stereocenters. The van der Waals surface area contributed by atoms with Crippen LogP contribution in [0.1, 0.15) is 51.6 Å². The lowest BCUT2D eigenvalue weighted by Crippen LogP contribution is -2.37. The van der Waals surface area contributed by atoms with Crippen molar-refractivity contribution in [1.29, 1.82) is 0 Å². The zero-order chi connectivity index (χ0) is 18.8. The fourth-order valence-corrected chi connectivity index (χ4v) is 4.00. The molecule has 6 nitrogen and oxygen atoms in total. The Labute approximate surface area is 158 Å². The van der Waals surface area contributed by atoms with E-state index in [0.717, 1.165) is 50.0 Å². The van der Waals surface area contributed by atoms with E-state index >= 15 is 0 Å². The summed E-state index contributed by atoms with van der Waals surface area (Å²) in [5.74, 6) is 0.0249. The number of nitrogens with one attached hydrogen (secondary N) is 1. The fourth-order valence-electron chi connectivity index (χ4n) is 4.00. The molecule has 0 spiro atoms. The quantitative estimate of drug-likeness (QED) is 0.849. The number of fused-ring (bicyclic) bond motifs is 2. The van der Waals surface area contributed by atoms with Crippen LogP contribution in [0.4, 0.5) is 5.69 Å². The maximum Gasteiger partial charge on any atom is 0.294 e. The van der Waals surface area contributed by atoms with E-state index in [2.05, 4.69) is 22.9 Å². The zero-order valence-electron chi connectivity index (χ0n) is 15.4. The molecule has 2 amide bonds. The van der Waals surface area contributed by atoms with Crippen molar-refractivity contribution in [1.82, 2.24) is 14.9 Å². The van der Waals surface area contributed by atoms with Crippen LogP contribution < -0.4 is 10.2 Å². The summed E-state index contributed by atoms with van der Waals surface area (Å²) in [6, 6.07) is 8.03. The molecule has 1 N–H and O–H groups in total. The van der Waals surface area contributed by atoms with Gasteiger partial charge >= 0.3 is 0 Å². The third kappa shape index (κ3) is 3.16. The van der Waals surface area contributed by atoms with Gasteiger partial charge in [-0.05, 0) is 43.7 Å². The Morgan fingerprint density at radius 3 is 2.85 bits per heavy atom. The molecule has 2 aliphatic heterocycles. The topological polar surface area (TPSA) is 67.2 Å². The van der Waals surface area contributed by atoms with Crippen molar-refractivity contribution in [3.63, 3.8) is 0 Å². The number of carbonyl (C=O) groups excluding carboxylic acids is 2. The average molecular weight is 364 g/mol. The predicted molar refractivity (Wildman–Crippen MR) is 104 cm³/mol. The molecule has 0 bridgehead atoms. The lowest BCUT2D eigenvalue weighted by molar-refractivity contribution is 0.0952. The van der Waals surface area contributed by atoms with Crippen LogP contribution in [0.15, 0.2) is 36.9 Å². The molecule has 2 aliphatic rings. The summed E-state index contributed by atoms with van der Waals surface area (Å²) >= 11 is 0. The minimum Gasteiger partial charge on any atom is -0.347 e. The van der Waals surface area contributed by atoms with Crippen LogP contribution in [0.3, 0.4) is 0 Å². The molecule has 0 fully saturated rings. The van der Waals surface area contributed by atoms with Gasteiger partial charge in [0.15, 0.2) is 0 Å². The highest BCUT2D eigenvalue weighted by molar-refractivity contribution is 6.06. The van der Waals surface area contributed by atoms with Crippen molar-refractivity contribution in [3.8, 4) is 0 Å². The molecule has 0 saturated heterocycles. The van der Waals surface area contributed by atoms with Crippen LogP contribution in [0.2, 0.25) is 0 Å². The van der Waals surface area contributed by atoms with Crippen LogP contribution in [0.25, 0.3) is 0 Å². The molecule has 6 heteroatoms. The third-order valence-electron chi connectivity index (χ3n) is 5.29. The number of anilines is 1. The van der Waals surface area contributed by atoms with E-state index in [9.17, 15) is 9.59 Å². The van der Waals surface area contributed by atoms with Gasteiger partial charge in [-0.15, -0.1) is 6.58 Å². The van der Waals surface area contributed by atoms with E-state index in [1.165, 1.54) is 5.56 Å². The van der Waals surface area contributed by atoms with Crippen molar-refractivity contribution in [2.24, 2.45) is 0 Å². The highest BCUT2D eigenvalue weighted by atomic mass is 16.2. The van der Waals surface area contributed by atoms with Gasteiger partial charge < -0.3 is 14.8 Å². The summed E-state index contributed by atoms with van der Waals surface area (Å²) in [5, 5.41) is 2.79. The van der Waals surface area contributed by atoms with Crippen molar-refractivity contribution in [2.75, 3.05) is 18.0 Å². The minimum absolute atomic E-state index is 0.118. The van der Waals surface area contributed by atoms with Gasteiger partial charge in [0.05, 0.1) is 5.69 Å². The standard InChI is InChI=1S/C21H24N4O2/c1-2-12-22-20(26)18-17-11-5-6-13-24(17)19(23-18)21(27)25-14-7-9-15-8-3-4-10-16(15)25/h2-4,8,10H,1,5-7,9,11-14H2,(H,22,26). The number of aryl methyl sites for hydroxylation is 1. The second-order valence-corrected chi connectivity index (χ2v) is 7.03. The van der Waals surface area contributed by atoms with Gasteiger partial charge in [0.1, 0.15) is 5.69 Å². The Morgan fingerprint density at radius 2 is 2.00 bits per heavy atom. The maximum atomic E-state index is 13.4. The normalized spacial score (nSPS) is 15.6. The molecule has 27 heavy (non-hydrogen) atoms. The van der Waals surface area contributed by atoms with Crippen LogP contribution in [-0.4, -0.2) is 34.5 Å². The number of hydrogen-bond acceptors (Lipinski definition) is 3. The van der Waals surface area contributed by atoms with E-state index in [0.29, 0.717) is 24.6 Å². The number of hydrogen-bond donors (Lipinski definition) is 1. The highest BCUT2D eigenvalue weighted by Crippen LogP contribution is 2.29. The molecule has 0 atom stereocenters. The monoisotopic (exact) mass is 364 g/mol. The SMILES string of the molecule is C=CCNC(=O)c1nc(C(=O)N2CCCc3ccccc32)n2c1CCCC2. The molecule has 4 rings (SSSR count). The van der Waals surface area contributed by atoms with E-state index < -0.39 is 0 Å². The second kappa shape index (κ2) is 7.39. The number of carbonyl (C=O) groups is 2.